The Balaban J connectivity index is 0. The molecule has 2 atom stereocenters. The third-order valence-electron chi connectivity index (χ3n) is 2.12. The summed E-state index contributed by atoms with van der Waals surface area (Å²) in [4.78, 5) is 20.7. The summed E-state index contributed by atoms with van der Waals surface area (Å²) < 4.78 is 0. The average Bonchev–Trinajstić information content (AvgIpc) is 2.21. The van der Waals surface area contributed by atoms with E-state index in [0.717, 1.165) is 6.42 Å². The first-order valence-electron chi connectivity index (χ1n) is 5.12. The van der Waals surface area contributed by atoms with Crippen LogP contribution in [0.3, 0.4) is 0 Å². The van der Waals surface area contributed by atoms with Crippen molar-refractivity contribution >= 4 is 24.3 Å². The number of nitrogens with two attached hydrogens (primary N) is 2. The summed E-state index contributed by atoms with van der Waals surface area (Å²) in [7, 11) is 0. The van der Waals surface area contributed by atoms with E-state index in [9.17, 15) is 9.59 Å². The lowest BCUT2D eigenvalue weighted by Crippen LogP contribution is -2.40. The number of aliphatic carboxylic acids is 2. The van der Waals surface area contributed by atoms with Gasteiger partial charge in [-0.25, -0.2) is 0 Å². The van der Waals surface area contributed by atoms with Crippen molar-refractivity contribution in [1.82, 2.24) is 5.32 Å². The summed E-state index contributed by atoms with van der Waals surface area (Å²) in [6, 6.07) is -1.72. The van der Waals surface area contributed by atoms with Crippen LogP contribution in [0.15, 0.2) is 0 Å². The second kappa shape index (κ2) is 10.3. The van der Waals surface area contributed by atoms with Crippen LogP contribution >= 0.6 is 12.4 Å². The van der Waals surface area contributed by atoms with Crippen molar-refractivity contribution in [2.24, 2.45) is 11.5 Å². The highest BCUT2D eigenvalue weighted by Gasteiger charge is 2.11. The Labute approximate surface area is 106 Å². The third kappa shape index (κ3) is 10.0. The van der Waals surface area contributed by atoms with Gasteiger partial charge in [-0.15, -0.1) is 12.4 Å². The van der Waals surface area contributed by atoms with Crippen molar-refractivity contribution < 1.29 is 19.8 Å². The average molecular weight is 270 g/mol. The Morgan fingerprint density at radius 1 is 1.06 bits per heavy atom. The van der Waals surface area contributed by atoms with E-state index in [0.29, 0.717) is 19.4 Å². The van der Waals surface area contributed by atoms with Crippen molar-refractivity contribution in [3.8, 4) is 0 Å². The molecule has 0 spiro atoms. The number of carboxylic acid groups (broad SMARTS) is 2. The zero-order valence-corrected chi connectivity index (χ0v) is 10.3. The van der Waals surface area contributed by atoms with Crippen molar-refractivity contribution in [3.63, 3.8) is 0 Å². The molecular formula is C9H20ClN3O4. The molecule has 0 aliphatic carbocycles. The molecule has 0 aromatic carbocycles. The monoisotopic (exact) mass is 269 g/mol. The molecule has 0 heterocycles. The Morgan fingerprint density at radius 2 is 1.59 bits per heavy atom. The molecule has 7 nitrogen and oxygen atoms in total. The van der Waals surface area contributed by atoms with Gasteiger partial charge < -0.3 is 27.0 Å². The molecule has 8 heteroatoms. The Kier molecular flexibility index (Phi) is 11.2. The lowest BCUT2D eigenvalue weighted by molar-refractivity contribution is -0.139. The lowest BCUT2D eigenvalue weighted by atomic mass is 10.1. The molecule has 0 saturated heterocycles. The molecule has 1 unspecified atom stereocenters. The summed E-state index contributed by atoms with van der Waals surface area (Å²) in [5.41, 5.74) is 10.6. The first-order valence-corrected chi connectivity index (χ1v) is 5.12. The molecule has 17 heavy (non-hydrogen) atoms. The van der Waals surface area contributed by atoms with Crippen molar-refractivity contribution in [3.05, 3.63) is 0 Å². The van der Waals surface area contributed by atoms with E-state index in [-0.39, 0.29) is 19.0 Å². The minimum absolute atomic E-state index is 0. The van der Waals surface area contributed by atoms with E-state index in [1.165, 1.54) is 0 Å². The van der Waals surface area contributed by atoms with E-state index in [1.807, 2.05) is 0 Å². The summed E-state index contributed by atoms with van der Waals surface area (Å²) >= 11 is 0. The normalized spacial score (nSPS) is 13.5. The fraction of sp³-hybridized carbons (Fsp3) is 0.778. The molecule has 102 valence electrons. The maximum atomic E-state index is 10.4. The number of nitrogens with one attached hydrogen (secondary N) is 1. The molecule has 0 amide bonds. The maximum Gasteiger partial charge on any atom is 0.321 e. The highest BCUT2D eigenvalue weighted by molar-refractivity contribution is 5.85. The van der Waals surface area contributed by atoms with Crippen LogP contribution in [0.25, 0.3) is 0 Å². The zero-order chi connectivity index (χ0) is 12.6. The Bertz CT molecular complexity index is 216. The number of unbranched alkanes of at least 4 members (excludes halogenated alkanes) is 1. The topological polar surface area (TPSA) is 139 Å². The number of carboxylic acids is 2. The fourth-order valence-electron chi connectivity index (χ4n) is 1.08. The predicted molar refractivity (Wildman–Crippen MR) is 65.2 cm³/mol. The van der Waals surface area contributed by atoms with Gasteiger partial charge in [-0.1, -0.05) is 6.42 Å². The molecule has 0 radical (unpaired) electrons. The van der Waals surface area contributed by atoms with E-state index in [2.05, 4.69) is 5.32 Å². The predicted octanol–water partition coefficient (Wildman–Crippen LogP) is -1.01. The quantitative estimate of drug-likeness (QED) is 0.338. The SMILES string of the molecule is Cl.NC(CNCCCC[C@H](N)C(=O)O)C(=O)O. The van der Waals surface area contributed by atoms with Crippen molar-refractivity contribution in [2.45, 2.75) is 31.3 Å². The van der Waals surface area contributed by atoms with Gasteiger partial charge in [0.05, 0.1) is 0 Å². The second-order valence-electron chi connectivity index (χ2n) is 3.59. The first-order chi connectivity index (χ1) is 7.45. The molecule has 7 N–H and O–H groups in total. The second-order valence-corrected chi connectivity index (χ2v) is 3.59. The fourth-order valence-corrected chi connectivity index (χ4v) is 1.08. The number of rotatable bonds is 9. The van der Waals surface area contributed by atoms with Crippen LogP contribution in [0.2, 0.25) is 0 Å². The van der Waals surface area contributed by atoms with Crippen LogP contribution < -0.4 is 16.8 Å². The number of carbonyl (C=O) groups is 2. The third-order valence-corrected chi connectivity index (χ3v) is 2.12. The van der Waals surface area contributed by atoms with Gasteiger partial charge in [0.2, 0.25) is 0 Å². The van der Waals surface area contributed by atoms with Crippen LogP contribution in [0, 0.1) is 0 Å². The summed E-state index contributed by atoms with van der Waals surface area (Å²) in [6.45, 7) is 0.813. The molecule has 0 bridgehead atoms. The van der Waals surface area contributed by atoms with Crippen LogP contribution in [0.5, 0.6) is 0 Å². The standard InChI is InChI=1S/C9H19N3O4.ClH/c10-6(8(13)14)3-1-2-4-12-5-7(11)9(15)16;/h6-7,12H,1-5,10-11H2,(H,13,14)(H,15,16);1H/t6-,7?;/m0./s1. The van der Waals surface area contributed by atoms with Gasteiger partial charge in [-0.2, -0.15) is 0 Å². The van der Waals surface area contributed by atoms with Crippen molar-refractivity contribution in [2.75, 3.05) is 13.1 Å². The minimum atomic E-state index is -1.04. The summed E-state index contributed by atoms with van der Waals surface area (Å²) in [5.74, 6) is -2.04. The highest BCUT2D eigenvalue weighted by atomic mass is 35.5. The summed E-state index contributed by atoms with van der Waals surface area (Å²) in [5, 5.41) is 19.8. The Hall–Kier alpha value is -0.890. The molecule has 0 aliphatic rings. The summed E-state index contributed by atoms with van der Waals surface area (Å²) in [6.07, 6.45) is 1.85. The van der Waals surface area contributed by atoms with E-state index in [1.54, 1.807) is 0 Å². The molecule has 0 aromatic heterocycles. The number of hydrogen-bond donors (Lipinski definition) is 5. The zero-order valence-electron chi connectivity index (χ0n) is 9.46. The van der Waals surface area contributed by atoms with Crippen LogP contribution in [0.1, 0.15) is 19.3 Å². The first kappa shape index (κ1) is 18.5. The van der Waals surface area contributed by atoms with Gasteiger partial charge in [-0.05, 0) is 19.4 Å². The van der Waals surface area contributed by atoms with E-state index in [4.69, 9.17) is 21.7 Å². The van der Waals surface area contributed by atoms with Gasteiger partial charge >= 0.3 is 11.9 Å². The smallest absolute Gasteiger partial charge is 0.321 e. The highest BCUT2D eigenvalue weighted by Crippen LogP contribution is 1.98. The number of hydrogen-bond acceptors (Lipinski definition) is 5. The van der Waals surface area contributed by atoms with Crippen LogP contribution in [-0.2, 0) is 9.59 Å². The van der Waals surface area contributed by atoms with Crippen LogP contribution in [-0.4, -0.2) is 47.3 Å². The van der Waals surface area contributed by atoms with Gasteiger partial charge in [0, 0.05) is 6.54 Å². The maximum absolute atomic E-state index is 10.4. The van der Waals surface area contributed by atoms with Gasteiger partial charge in [0.15, 0.2) is 0 Å². The van der Waals surface area contributed by atoms with Gasteiger partial charge in [0.1, 0.15) is 12.1 Å². The minimum Gasteiger partial charge on any atom is -0.480 e. The molecular weight excluding hydrogens is 250 g/mol. The van der Waals surface area contributed by atoms with E-state index < -0.39 is 24.0 Å². The van der Waals surface area contributed by atoms with Crippen LogP contribution in [0.4, 0.5) is 0 Å². The number of halogens is 1. The molecule has 0 aromatic rings. The molecule has 0 rings (SSSR count). The van der Waals surface area contributed by atoms with Crippen molar-refractivity contribution in [1.29, 1.82) is 0 Å². The van der Waals surface area contributed by atoms with Gasteiger partial charge in [0.25, 0.3) is 0 Å². The Morgan fingerprint density at radius 3 is 2.06 bits per heavy atom. The van der Waals surface area contributed by atoms with Gasteiger partial charge in [-0.3, -0.25) is 9.59 Å². The van der Waals surface area contributed by atoms with E-state index >= 15 is 0 Å². The molecule has 0 aliphatic heterocycles. The molecule has 0 fully saturated rings. The lowest BCUT2D eigenvalue weighted by Gasteiger charge is -2.09. The molecule has 0 saturated carbocycles. The largest absolute Gasteiger partial charge is 0.480 e.